The van der Waals surface area contributed by atoms with E-state index in [-0.39, 0.29) is 0 Å². The number of hydrogen-bond acceptors (Lipinski definition) is 9. The molecular formula is C23H22N4O4S. The molecule has 0 radical (unpaired) electrons. The summed E-state index contributed by atoms with van der Waals surface area (Å²) in [6, 6.07) is 17.1. The smallest absolute Gasteiger partial charge is 0.237 e. The lowest BCUT2D eigenvalue weighted by Crippen LogP contribution is -1.92. The van der Waals surface area contributed by atoms with Crippen molar-refractivity contribution in [3.05, 3.63) is 60.5 Å². The van der Waals surface area contributed by atoms with Crippen molar-refractivity contribution in [1.82, 2.24) is 20.3 Å². The summed E-state index contributed by atoms with van der Waals surface area (Å²) in [6.07, 6.45) is 0. The summed E-state index contributed by atoms with van der Waals surface area (Å²) in [5, 5.41) is 13.5. The minimum Gasteiger partial charge on any atom is -0.497 e. The number of nitrogens with zero attached hydrogens (tertiary/aromatic N) is 4. The summed E-state index contributed by atoms with van der Waals surface area (Å²) in [4.78, 5) is 4.47. The quantitative estimate of drug-likeness (QED) is 0.330. The van der Waals surface area contributed by atoms with Gasteiger partial charge in [-0.15, -0.1) is 10.2 Å². The van der Waals surface area contributed by atoms with Crippen LogP contribution in [0.3, 0.4) is 0 Å². The van der Waals surface area contributed by atoms with E-state index in [0.717, 1.165) is 27.6 Å². The van der Waals surface area contributed by atoms with Gasteiger partial charge in [-0.2, -0.15) is 4.98 Å². The number of thioether (sulfide) groups is 1. The van der Waals surface area contributed by atoms with E-state index >= 15 is 0 Å². The van der Waals surface area contributed by atoms with Gasteiger partial charge in [-0.3, -0.25) is 0 Å². The molecule has 9 heteroatoms. The highest BCUT2D eigenvalue weighted by Crippen LogP contribution is 2.29. The maximum absolute atomic E-state index is 5.47. The van der Waals surface area contributed by atoms with Crippen LogP contribution < -0.4 is 14.2 Å². The van der Waals surface area contributed by atoms with Crippen LogP contribution in [0.1, 0.15) is 12.8 Å². The van der Waals surface area contributed by atoms with Crippen LogP contribution in [-0.2, 0) is 5.75 Å². The second-order valence-corrected chi connectivity index (χ2v) is 7.61. The fourth-order valence-electron chi connectivity index (χ4n) is 2.94. The van der Waals surface area contributed by atoms with E-state index in [1.165, 1.54) is 11.8 Å². The van der Waals surface area contributed by atoms with Crippen LogP contribution >= 0.6 is 11.8 Å². The molecule has 0 amide bonds. The highest BCUT2D eigenvalue weighted by Gasteiger charge is 2.12. The van der Waals surface area contributed by atoms with Gasteiger partial charge in [0.2, 0.25) is 11.7 Å². The normalized spacial score (nSPS) is 10.7. The maximum Gasteiger partial charge on any atom is 0.237 e. The topological polar surface area (TPSA) is 92.4 Å². The Morgan fingerprint density at radius 1 is 0.844 bits per heavy atom. The van der Waals surface area contributed by atoms with E-state index in [2.05, 4.69) is 20.3 Å². The maximum atomic E-state index is 5.47. The molecule has 0 atom stereocenters. The van der Waals surface area contributed by atoms with Crippen molar-refractivity contribution in [2.24, 2.45) is 0 Å². The Hall–Kier alpha value is -3.59. The first kappa shape index (κ1) is 21.6. The average Bonchev–Trinajstić information content (AvgIpc) is 3.33. The predicted octanol–water partition coefficient (Wildman–Crippen LogP) is 4.90. The van der Waals surface area contributed by atoms with E-state index in [1.54, 1.807) is 20.3 Å². The van der Waals surface area contributed by atoms with Gasteiger partial charge in [0.15, 0.2) is 0 Å². The van der Waals surface area contributed by atoms with E-state index in [9.17, 15) is 0 Å². The van der Waals surface area contributed by atoms with Crippen LogP contribution in [0.25, 0.3) is 22.6 Å². The molecule has 4 aromatic rings. The van der Waals surface area contributed by atoms with Gasteiger partial charge < -0.3 is 18.7 Å². The Morgan fingerprint density at radius 2 is 1.59 bits per heavy atom. The molecule has 0 aliphatic rings. The third-order valence-corrected chi connectivity index (χ3v) is 5.43. The van der Waals surface area contributed by atoms with Gasteiger partial charge in [-0.05, 0) is 55.5 Å². The van der Waals surface area contributed by atoms with Crippen LogP contribution in [-0.4, -0.2) is 41.2 Å². The molecule has 0 fully saturated rings. The van der Waals surface area contributed by atoms with Crippen LogP contribution in [0.4, 0.5) is 0 Å². The van der Waals surface area contributed by atoms with Gasteiger partial charge in [-0.1, -0.05) is 16.9 Å². The Bertz CT molecular complexity index is 1140. The molecule has 0 bridgehead atoms. The average molecular weight is 451 g/mol. The Labute approximate surface area is 189 Å². The lowest BCUT2D eigenvalue weighted by atomic mass is 10.1. The Morgan fingerprint density at radius 3 is 2.22 bits per heavy atom. The Balaban J connectivity index is 1.40. The van der Waals surface area contributed by atoms with Crippen molar-refractivity contribution in [2.45, 2.75) is 17.7 Å². The molecule has 164 valence electrons. The first-order valence-corrected chi connectivity index (χ1v) is 10.9. The van der Waals surface area contributed by atoms with Gasteiger partial charge in [-0.25, -0.2) is 0 Å². The molecule has 0 unspecified atom stereocenters. The van der Waals surface area contributed by atoms with E-state index < -0.39 is 0 Å². The third kappa shape index (κ3) is 5.17. The molecular weight excluding hydrogens is 428 g/mol. The lowest BCUT2D eigenvalue weighted by Gasteiger charge is -2.05. The van der Waals surface area contributed by atoms with Crippen LogP contribution in [0.5, 0.6) is 17.2 Å². The lowest BCUT2D eigenvalue weighted by molar-refractivity contribution is 0.340. The summed E-state index contributed by atoms with van der Waals surface area (Å²) in [5.74, 6) is 3.58. The number of methoxy groups -OCH3 is 2. The molecule has 8 nitrogen and oxygen atoms in total. The minimum absolute atomic E-state index is 0.467. The van der Waals surface area contributed by atoms with Crippen molar-refractivity contribution < 1.29 is 18.7 Å². The summed E-state index contributed by atoms with van der Waals surface area (Å²) < 4.78 is 21.5. The molecule has 2 aromatic carbocycles. The molecule has 0 aliphatic carbocycles. The SMILES string of the molecule is CCOc1ccc(-c2ccc(SCc3nc(-c4cc(OC)cc(OC)c4)no3)nn2)cc1. The highest BCUT2D eigenvalue weighted by atomic mass is 32.2. The predicted molar refractivity (Wildman–Crippen MR) is 121 cm³/mol. The standard InChI is InChI=1S/C23H22N4O4S/c1-4-30-17-7-5-15(6-8-17)20-9-10-22(26-25-20)32-14-21-24-23(27-31-21)16-11-18(28-2)13-19(12-16)29-3/h5-13H,4,14H2,1-3H3. The van der Waals surface area contributed by atoms with Crippen molar-refractivity contribution in [1.29, 1.82) is 0 Å². The van der Waals surface area contributed by atoms with Crippen LogP contribution in [0.15, 0.2) is 64.1 Å². The van der Waals surface area contributed by atoms with Gasteiger partial charge in [0.05, 0.1) is 32.3 Å². The van der Waals surface area contributed by atoms with Crippen molar-refractivity contribution in [2.75, 3.05) is 20.8 Å². The van der Waals surface area contributed by atoms with E-state index in [1.807, 2.05) is 55.5 Å². The minimum atomic E-state index is 0.467. The van der Waals surface area contributed by atoms with Gasteiger partial charge in [0.25, 0.3) is 0 Å². The second-order valence-electron chi connectivity index (χ2n) is 6.62. The van der Waals surface area contributed by atoms with E-state index in [4.69, 9.17) is 18.7 Å². The fraction of sp³-hybridized carbons (Fsp3) is 0.217. The zero-order chi connectivity index (χ0) is 22.3. The molecule has 0 saturated heterocycles. The Kier molecular flexibility index (Phi) is 6.86. The summed E-state index contributed by atoms with van der Waals surface area (Å²) >= 11 is 1.47. The zero-order valence-corrected chi connectivity index (χ0v) is 18.8. The summed E-state index contributed by atoms with van der Waals surface area (Å²) in [6.45, 7) is 2.60. The number of hydrogen-bond donors (Lipinski definition) is 0. The first-order valence-electron chi connectivity index (χ1n) is 9.94. The molecule has 0 spiro atoms. The molecule has 0 aliphatic heterocycles. The molecule has 32 heavy (non-hydrogen) atoms. The molecule has 4 rings (SSSR count). The van der Waals surface area contributed by atoms with Crippen molar-refractivity contribution in [3.8, 4) is 39.9 Å². The monoisotopic (exact) mass is 450 g/mol. The molecule has 0 N–H and O–H groups in total. The van der Waals surface area contributed by atoms with Crippen molar-refractivity contribution in [3.63, 3.8) is 0 Å². The summed E-state index contributed by atoms with van der Waals surface area (Å²) in [5.41, 5.74) is 2.53. The van der Waals surface area contributed by atoms with Gasteiger partial charge >= 0.3 is 0 Å². The molecule has 2 aromatic heterocycles. The molecule has 2 heterocycles. The number of benzene rings is 2. The first-order chi connectivity index (χ1) is 15.7. The van der Waals surface area contributed by atoms with Gasteiger partial charge in [0, 0.05) is 17.2 Å². The number of ether oxygens (including phenoxy) is 3. The van der Waals surface area contributed by atoms with Crippen LogP contribution in [0.2, 0.25) is 0 Å². The second kappa shape index (κ2) is 10.1. The number of aromatic nitrogens is 4. The highest BCUT2D eigenvalue weighted by molar-refractivity contribution is 7.98. The zero-order valence-electron chi connectivity index (χ0n) is 17.9. The molecule has 0 saturated carbocycles. The van der Waals surface area contributed by atoms with E-state index in [0.29, 0.717) is 35.6 Å². The third-order valence-electron chi connectivity index (χ3n) is 4.52. The summed E-state index contributed by atoms with van der Waals surface area (Å²) in [7, 11) is 3.19. The number of rotatable bonds is 9. The fourth-order valence-corrected chi connectivity index (χ4v) is 3.59. The largest absolute Gasteiger partial charge is 0.497 e. The van der Waals surface area contributed by atoms with Gasteiger partial charge in [0.1, 0.15) is 22.3 Å². The van der Waals surface area contributed by atoms with Crippen LogP contribution in [0, 0.1) is 0 Å². The van der Waals surface area contributed by atoms with Crippen molar-refractivity contribution >= 4 is 11.8 Å².